The molecule has 0 bridgehead atoms. The minimum absolute atomic E-state index is 0.242. The van der Waals surface area contributed by atoms with Crippen LogP contribution in [-0.2, 0) is 9.47 Å². The third-order valence-corrected chi connectivity index (χ3v) is 4.00. The summed E-state index contributed by atoms with van der Waals surface area (Å²) in [6, 6.07) is 3.77. The highest BCUT2D eigenvalue weighted by molar-refractivity contribution is 5.43. The van der Waals surface area contributed by atoms with Crippen molar-refractivity contribution in [3.05, 3.63) is 28.8 Å². The lowest BCUT2D eigenvalue weighted by atomic mass is 9.90. The van der Waals surface area contributed by atoms with Crippen LogP contribution in [0.2, 0.25) is 0 Å². The van der Waals surface area contributed by atoms with Crippen molar-refractivity contribution < 1.29 is 14.6 Å². The zero-order valence-corrected chi connectivity index (χ0v) is 12.0. The fraction of sp³-hybridized carbons (Fsp3) is 0.600. The molecule has 3 nitrogen and oxygen atoms in total. The smallest absolute Gasteiger partial charge is 0.189 e. The Morgan fingerprint density at radius 3 is 1.94 bits per heavy atom. The molecule has 1 aliphatic rings. The standard InChI is InChI=1S/C15H22O3/c1-9-7-10(2)12(11(16)8-9)13-17-14(3,4)15(5,6)18-13/h7-8,13,16H,1-6H3. The predicted octanol–water partition coefficient (Wildman–Crippen LogP) is 3.61. The van der Waals surface area contributed by atoms with Gasteiger partial charge in [-0.1, -0.05) is 6.07 Å². The SMILES string of the molecule is Cc1cc(C)c(C2OC(C)(C)C(C)(C)O2)c(O)c1. The summed E-state index contributed by atoms with van der Waals surface area (Å²) in [6.07, 6.45) is -0.504. The van der Waals surface area contributed by atoms with Crippen LogP contribution in [0.4, 0.5) is 0 Å². The minimum atomic E-state index is -0.504. The molecule has 1 N–H and O–H groups in total. The quantitative estimate of drug-likeness (QED) is 0.827. The van der Waals surface area contributed by atoms with Gasteiger partial charge in [0.05, 0.1) is 16.8 Å². The van der Waals surface area contributed by atoms with Gasteiger partial charge < -0.3 is 14.6 Å². The molecule has 100 valence electrons. The molecule has 1 aromatic carbocycles. The van der Waals surface area contributed by atoms with Crippen molar-refractivity contribution in [2.75, 3.05) is 0 Å². The first-order valence-corrected chi connectivity index (χ1v) is 6.30. The summed E-state index contributed by atoms with van der Waals surface area (Å²) in [5, 5.41) is 10.1. The largest absolute Gasteiger partial charge is 0.507 e. The third kappa shape index (κ3) is 2.02. The molecule has 0 spiro atoms. The molecule has 1 fully saturated rings. The van der Waals surface area contributed by atoms with Gasteiger partial charge in [-0.2, -0.15) is 0 Å². The molecule has 0 atom stereocenters. The second-order valence-electron chi connectivity index (χ2n) is 6.10. The summed E-state index contributed by atoms with van der Waals surface area (Å²) in [4.78, 5) is 0. The first kappa shape index (κ1) is 13.4. The van der Waals surface area contributed by atoms with E-state index in [4.69, 9.17) is 9.47 Å². The summed E-state index contributed by atoms with van der Waals surface area (Å²) in [6.45, 7) is 12.0. The zero-order chi connectivity index (χ0) is 13.7. The Morgan fingerprint density at radius 1 is 1.00 bits per heavy atom. The minimum Gasteiger partial charge on any atom is -0.507 e. The van der Waals surface area contributed by atoms with Crippen LogP contribution in [-0.4, -0.2) is 16.3 Å². The molecule has 0 saturated carbocycles. The van der Waals surface area contributed by atoms with E-state index in [9.17, 15) is 5.11 Å². The van der Waals surface area contributed by atoms with E-state index in [2.05, 4.69) is 0 Å². The van der Waals surface area contributed by atoms with Gasteiger partial charge in [0, 0.05) is 0 Å². The Morgan fingerprint density at radius 2 is 1.50 bits per heavy atom. The monoisotopic (exact) mass is 250 g/mol. The number of rotatable bonds is 1. The maximum atomic E-state index is 10.1. The Kier molecular flexibility index (Phi) is 2.95. The average Bonchev–Trinajstić information content (AvgIpc) is 2.32. The van der Waals surface area contributed by atoms with Gasteiger partial charge in [0.15, 0.2) is 6.29 Å². The normalized spacial score (nSPS) is 22.3. The molecule has 1 aromatic rings. The van der Waals surface area contributed by atoms with Crippen molar-refractivity contribution in [3.8, 4) is 5.75 Å². The van der Waals surface area contributed by atoms with Crippen molar-refractivity contribution in [1.29, 1.82) is 0 Å². The maximum absolute atomic E-state index is 10.1. The van der Waals surface area contributed by atoms with Crippen molar-refractivity contribution >= 4 is 0 Å². The molecular formula is C15H22O3. The molecular weight excluding hydrogens is 228 g/mol. The molecule has 0 unspecified atom stereocenters. The fourth-order valence-electron chi connectivity index (χ4n) is 2.22. The van der Waals surface area contributed by atoms with Crippen LogP contribution in [0.25, 0.3) is 0 Å². The van der Waals surface area contributed by atoms with E-state index in [1.165, 1.54) is 0 Å². The van der Waals surface area contributed by atoms with Gasteiger partial charge in [0.2, 0.25) is 0 Å². The van der Waals surface area contributed by atoms with E-state index in [1.807, 2.05) is 47.6 Å². The second kappa shape index (κ2) is 3.97. The zero-order valence-electron chi connectivity index (χ0n) is 12.0. The molecule has 3 heteroatoms. The second-order valence-corrected chi connectivity index (χ2v) is 6.10. The predicted molar refractivity (Wildman–Crippen MR) is 70.6 cm³/mol. The van der Waals surface area contributed by atoms with Gasteiger partial charge in [-0.05, 0) is 58.7 Å². The maximum Gasteiger partial charge on any atom is 0.189 e. The lowest BCUT2D eigenvalue weighted by Crippen LogP contribution is -2.41. The number of phenols is 1. The molecule has 0 aromatic heterocycles. The Bertz CT molecular complexity index is 436. The number of aryl methyl sites for hydroxylation is 2. The molecule has 1 heterocycles. The number of hydrogen-bond donors (Lipinski definition) is 1. The summed E-state index contributed by atoms with van der Waals surface area (Å²) in [5.41, 5.74) is 1.98. The molecule has 18 heavy (non-hydrogen) atoms. The molecule has 0 aliphatic carbocycles. The number of phenolic OH excluding ortho intramolecular Hbond substituents is 1. The first-order chi connectivity index (χ1) is 8.14. The lowest BCUT2D eigenvalue weighted by molar-refractivity contribution is -0.0909. The molecule has 0 radical (unpaired) electrons. The first-order valence-electron chi connectivity index (χ1n) is 6.30. The highest BCUT2D eigenvalue weighted by Gasteiger charge is 2.50. The Hall–Kier alpha value is -1.06. The number of ether oxygens (including phenoxy) is 2. The van der Waals surface area contributed by atoms with Gasteiger partial charge in [-0.3, -0.25) is 0 Å². The van der Waals surface area contributed by atoms with E-state index in [1.54, 1.807) is 6.07 Å². The van der Waals surface area contributed by atoms with E-state index in [-0.39, 0.29) is 17.0 Å². The molecule has 1 aliphatic heterocycles. The van der Waals surface area contributed by atoms with Crippen LogP contribution in [0, 0.1) is 13.8 Å². The molecule has 2 rings (SSSR count). The summed E-state index contributed by atoms with van der Waals surface area (Å²) < 4.78 is 11.9. The molecule has 0 amide bonds. The van der Waals surface area contributed by atoms with Crippen LogP contribution in [0.5, 0.6) is 5.75 Å². The van der Waals surface area contributed by atoms with Crippen LogP contribution in [0.15, 0.2) is 12.1 Å². The van der Waals surface area contributed by atoms with Crippen molar-refractivity contribution in [2.24, 2.45) is 0 Å². The summed E-state index contributed by atoms with van der Waals surface area (Å²) in [7, 11) is 0. The van der Waals surface area contributed by atoms with Crippen molar-refractivity contribution in [2.45, 2.75) is 59.0 Å². The highest BCUT2D eigenvalue weighted by Crippen LogP contribution is 2.47. The van der Waals surface area contributed by atoms with E-state index >= 15 is 0 Å². The van der Waals surface area contributed by atoms with Gasteiger partial charge in [0.1, 0.15) is 5.75 Å². The number of aromatic hydroxyl groups is 1. The van der Waals surface area contributed by atoms with Crippen LogP contribution in [0.3, 0.4) is 0 Å². The van der Waals surface area contributed by atoms with E-state index in [0.29, 0.717) is 0 Å². The summed E-state index contributed by atoms with van der Waals surface area (Å²) >= 11 is 0. The Labute approximate surface area is 109 Å². The number of hydrogen-bond acceptors (Lipinski definition) is 3. The third-order valence-electron chi connectivity index (χ3n) is 4.00. The van der Waals surface area contributed by atoms with Gasteiger partial charge in [0.25, 0.3) is 0 Å². The van der Waals surface area contributed by atoms with Crippen LogP contribution in [0.1, 0.15) is 50.7 Å². The van der Waals surface area contributed by atoms with Gasteiger partial charge >= 0.3 is 0 Å². The van der Waals surface area contributed by atoms with Gasteiger partial charge in [-0.25, -0.2) is 0 Å². The highest BCUT2D eigenvalue weighted by atomic mass is 16.7. The van der Waals surface area contributed by atoms with Gasteiger partial charge in [-0.15, -0.1) is 0 Å². The average molecular weight is 250 g/mol. The van der Waals surface area contributed by atoms with E-state index < -0.39 is 6.29 Å². The van der Waals surface area contributed by atoms with Crippen LogP contribution >= 0.6 is 0 Å². The number of benzene rings is 1. The van der Waals surface area contributed by atoms with Crippen LogP contribution < -0.4 is 0 Å². The van der Waals surface area contributed by atoms with E-state index in [0.717, 1.165) is 16.7 Å². The molecule has 1 saturated heterocycles. The Balaban J connectivity index is 2.42. The topological polar surface area (TPSA) is 38.7 Å². The van der Waals surface area contributed by atoms with Crippen molar-refractivity contribution in [3.63, 3.8) is 0 Å². The summed E-state index contributed by atoms with van der Waals surface area (Å²) in [5.74, 6) is 0.242. The fourth-order valence-corrected chi connectivity index (χ4v) is 2.22. The van der Waals surface area contributed by atoms with Crippen molar-refractivity contribution in [1.82, 2.24) is 0 Å². The lowest BCUT2D eigenvalue weighted by Gasteiger charge is -2.30.